The van der Waals surface area contributed by atoms with Crippen LogP contribution in [0.15, 0.2) is 12.4 Å². The van der Waals surface area contributed by atoms with Gasteiger partial charge < -0.3 is 10.6 Å². The van der Waals surface area contributed by atoms with E-state index in [-0.39, 0.29) is 12.5 Å². The highest BCUT2D eigenvalue weighted by Gasteiger charge is 2.18. The first kappa shape index (κ1) is 15.8. The minimum atomic E-state index is -0.233. The number of rotatable bonds is 6. The molecule has 6 heteroatoms. The number of nitrogen functional groups attached to an aromatic ring is 1. The third-order valence-electron chi connectivity index (χ3n) is 3.59. The molecule has 0 atom stereocenters. The van der Waals surface area contributed by atoms with Crippen LogP contribution in [0.4, 0.5) is 5.69 Å². The molecule has 2 heterocycles. The van der Waals surface area contributed by atoms with Crippen molar-refractivity contribution < 1.29 is 4.79 Å². The number of carbonyl (C=O) groups excluding carboxylic acids is 1. The van der Waals surface area contributed by atoms with Gasteiger partial charge in [0.1, 0.15) is 0 Å². The maximum Gasteiger partial charge on any atom is 0.258 e. The topological polar surface area (TPSA) is 77.0 Å². The van der Waals surface area contributed by atoms with Crippen LogP contribution < -0.4 is 5.73 Å². The van der Waals surface area contributed by atoms with Crippen LogP contribution in [0.3, 0.4) is 0 Å². The van der Waals surface area contributed by atoms with Gasteiger partial charge in [0.2, 0.25) is 0 Å². The van der Waals surface area contributed by atoms with E-state index in [4.69, 9.17) is 12.2 Å². The number of hydrogen-bond acceptors (Lipinski definition) is 4. The Morgan fingerprint density at radius 3 is 2.91 bits per heavy atom. The molecular formula is C16H21N5O. The average molecular weight is 299 g/mol. The quantitative estimate of drug-likeness (QED) is 0.653. The normalized spacial score (nSPS) is 10.6. The molecule has 0 aliphatic rings. The van der Waals surface area contributed by atoms with Crippen LogP contribution in [0, 0.1) is 12.3 Å². The number of aryl methyl sites for hydroxylation is 1. The molecular weight excluding hydrogens is 278 g/mol. The molecule has 0 saturated heterocycles. The summed E-state index contributed by atoms with van der Waals surface area (Å²) in [6, 6.07) is 0. The predicted octanol–water partition coefficient (Wildman–Crippen LogP) is 1.91. The Labute approximate surface area is 130 Å². The lowest BCUT2D eigenvalue weighted by atomic mass is 10.1. The second-order valence-electron chi connectivity index (χ2n) is 5.26. The lowest BCUT2D eigenvalue weighted by molar-refractivity contribution is 0.0813. The number of pyridine rings is 1. The van der Waals surface area contributed by atoms with Crippen LogP contribution in [-0.4, -0.2) is 39.2 Å². The van der Waals surface area contributed by atoms with Gasteiger partial charge >= 0.3 is 0 Å². The average Bonchev–Trinajstić information content (AvgIpc) is 2.92. The van der Waals surface area contributed by atoms with Crippen molar-refractivity contribution in [2.45, 2.75) is 32.7 Å². The van der Waals surface area contributed by atoms with E-state index in [1.807, 2.05) is 4.68 Å². The number of fused-ring (bicyclic) bond motifs is 1. The van der Waals surface area contributed by atoms with Gasteiger partial charge in [-0.05, 0) is 6.42 Å². The number of unbranched alkanes of at least 4 members (excludes halogenated alkanes) is 2. The Morgan fingerprint density at radius 2 is 2.23 bits per heavy atom. The molecule has 0 saturated carbocycles. The fourth-order valence-corrected chi connectivity index (χ4v) is 2.31. The molecule has 2 aromatic heterocycles. The molecule has 0 unspecified atom stereocenters. The molecule has 116 valence electrons. The number of nitrogens with two attached hydrogens (primary N) is 1. The standard InChI is InChI=1S/C16H21N5O/c1-4-6-7-9-21-15-12(11-19-21)14(17)13(10-18-15)16(22)20(3)8-5-2/h2,10-11H,4,6-9H2,1,3H3,(H2,17,18). The lowest BCUT2D eigenvalue weighted by Crippen LogP contribution is -2.27. The third-order valence-corrected chi connectivity index (χ3v) is 3.59. The number of aromatic nitrogens is 3. The summed E-state index contributed by atoms with van der Waals surface area (Å²) in [5.74, 6) is 2.20. The molecule has 0 fully saturated rings. The Kier molecular flexibility index (Phi) is 4.99. The Hall–Kier alpha value is -2.55. The molecule has 2 rings (SSSR count). The van der Waals surface area contributed by atoms with E-state index in [2.05, 4.69) is 22.9 Å². The first-order valence-electron chi connectivity index (χ1n) is 7.39. The Balaban J connectivity index is 2.31. The summed E-state index contributed by atoms with van der Waals surface area (Å²) in [5.41, 5.74) is 7.61. The number of hydrogen-bond donors (Lipinski definition) is 1. The number of nitrogens with zero attached hydrogens (tertiary/aromatic N) is 4. The van der Waals surface area contributed by atoms with Crippen LogP contribution in [-0.2, 0) is 6.54 Å². The first-order chi connectivity index (χ1) is 10.6. The summed E-state index contributed by atoms with van der Waals surface area (Å²) < 4.78 is 1.83. The second-order valence-corrected chi connectivity index (χ2v) is 5.26. The Morgan fingerprint density at radius 1 is 1.45 bits per heavy atom. The maximum atomic E-state index is 12.3. The Bertz CT molecular complexity index is 713. The highest BCUT2D eigenvalue weighted by molar-refractivity contribution is 6.05. The van der Waals surface area contributed by atoms with Gasteiger partial charge in [0.25, 0.3) is 5.91 Å². The van der Waals surface area contributed by atoms with E-state index >= 15 is 0 Å². The van der Waals surface area contributed by atoms with Gasteiger partial charge in [0.05, 0.1) is 29.4 Å². The van der Waals surface area contributed by atoms with Crippen LogP contribution in [0.5, 0.6) is 0 Å². The molecule has 0 aliphatic heterocycles. The highest BCUT2D eigenvalue weighted by atomic mass is 16.2. The zero-order valence-electron chi connectivity index (χ0n) is 13.0. The second kappa shape index (κ2) is 6.94. The van der Waals surface area contributed by atoms with Gasteiger partial charge in [-0.1, -0.05) is 25.7 Å². The minimum Gasteiger partial charge on any atom is -0.397 e. The number of terminal acetylenes is 1. The van der Waals surface area contributed by atoms with Gasteiger partial charge in [-0.25, -0.2) is 9.67 Å². The lowest BCUT2D eigenvalue weighted by Gasteiger charge is -2.15. The SMILES string of the molecule is C#CCN(C)C(=O)c1cnc2c(cnn2CCCCC)c1N. The summed E-state index contributed by atoms with van der Waals surface area (Å²) in [5, 5.41) is 5.03. The van der Waals surface area contributed by atoms with Crippen LogP contribution in [0.1, 0.15) is 36.5 Å². The predicted molar refractivity (Wildman–Crippen MR) is 87.3 cm³/mol. The van der Waals surface area contributed by atoms with Gasteiger partial charge in [0, 0.05) is 19.8 Å². The van der Waals surface area contributed by atoms with Gasteiger partial charge in [0.15, 0.2) is 5.65 Å². The smallest absolute Gasteiger partial charge is 0.258 e. The van der Waals surface area contributed by atoms with E-state index < -0.39 is 0 Å². The molecule has 0 radical (unpaired) electrons. The summed E-state index contributed by atoms with van der Waals surface area (Å²) in [7, 11) is 1.64. The number of carbonyl (C=O) groups is 1. The van der Waals surface area contributed by atoms with Crippen molar-refractivity contribution in [1.82, 2.24) is 19.7 Å². The van der Waals surface area contributed by atoms with Crippen LogP contribution in [0.25, 0.3) is 11.0 Å². The molecule has 1 amide bonds. The van der Waals surface area contributed by atoms with E-state index in [9.17, 15) is 4.79 Å². The van der Waals surface area contributed by atoms with Gasteiger partial charge in [-0.15, -0.1) is 6.42 Å². The fourth-order valence-electron chi connectivity index (χ4n) is 2.31. The fraction of sp³-hybridized carbons (Fsp3) is 0.438. The van der Waals surface area contributed by atoms with Crippen molar-refractivity contribution in [3.8, 4) is 12.3 Å². The third kappa shape index (κ3) is 3.03. The molecule has 0 aliphatic carbocycles. The van der Waals surface area contributed by atoms with Crippen LogP contribution >= 0.6 is 0 Å². The van der Waals surface area contributed by atoms with Crippen molar-refractivity contribution >= 4 is 22.6 Å². The number of amides is 1. The minimum absolute atomic E-state index is 0.229. The largest absolute Gasteiger partial charge is 0.397 e. The molecule has 22 heavy (non-hydrogen) atoms. The summed E-state index contributed by atoms with van der Waals surface area (Å²) in [6.07, 6.45) is 11.7. The van der Waals surface area contributed by atoms with E-state index in [1.54, 1.807) is 13.2 Å². The molecule has 2 aromatic rings. The number of anilines is 1. The van der Waals surface area contributed by atoms with Gasteiger partial charge in [-0.3, -0.25) is 4.79 Å². The molecule has 0 aromatic carbocycles. The highest BCUT2D eigenvalue weighted by Crippen LogP contribution is 2.24. The van der Waals surface area contributed by atoms with Crippen LogP contribution in [0.2, 0.25) is 0 Å². The maximum absolute atomic E-state index is 12.3. The van der Waals surface area contributed by atoms with E-state index in [1.165, 1.54) is 11.1 Å². The molecule has 6 nitrogen and oxygen atoms in total. The van der Waals surface area contributed by atoms with Gasteiger partial charge in [-0.2, -0.15) is 5.10 Å². The zero-order chi connectivity index (χ0) is 16.1. The zero-order valence-corrected chi connectivity index (χ0v) is 13.0. The van der Waals surface area contributed by atoms with Crippen molar-refractivity contribution in [1.29, 1.82) is 0 Å². The van der Waals surface area contributed by atoms with Crippen molar-refractivity contribution in [3.05, 3.63) is 18.0 Å². The van der Waals surface area contributed by atoms with E-state index in [0.717, 1.165) is 25.8 Å². The van der Waals surface area contributed by atoms with Crippen molar-refractivity contribution in [2.24, 2.45) is 0 Å². The first-order valence-corrected chi connectivity index (χ1v) is 7.39. The molecule has 0 bridgehead atoms. The van der Waals surface area contributed by atoms with Crippen molar-refractivity contribution in [2.75, 3.05) is 19.3 Å². The molecule has 0 spiro atoms. The van der Waals surface area contributed by atoms with E-state index in [0.29, 0.717) is 22.3 Å². The summed E-state index contributed by atoms with van der Waals surface area (Å²) in [4.78, 5) is 18.1. The summed E-state index contributed by atoms with van der Waals surface area (Å²) >= 11 is 0. The monoisotopic (exact) mass is 299 g/mol. The van der Waals surface area contributed by atoms with Crippen molar-refractivity contribution in [3.63, 3.8) is 0 Å². The summed E-state index contributed by atoms with van der Waals surface area (Å²) in [6.45, 7) is 3.18. The molecule has 2 N–H and O–H groups in total.